The summed E-state index contributed by atoms with van der Waals surface area (Å²) in [4.78, 5) is 7.21. The van der Waals surface area contributed by atoms with E-state index in [4.69, 9.17) is 19.2 Å². The Morgan fingerprint density at radius 1 is 1.25 bits per heavy atom. The summed E-state index contributed by atoms with van der Waals surface area (Å²) in [7, 11) is 7.61. The zero-order chi connectivity index (χ0) is 20.6. The van der Waals surface area contributed by atoms with Crippen molar-refractivity contribution >= 4 is 5.96 Å². The minimum Gasteiger partial charge on any atom is -0.497 e. The van der Waals surface area contributed by atoms with Gasteiger partial charge in [-0.2, -0.15) is 0 Å². The predicted molar refractivity (Wildman–Crippen MR) is 114 cm³/mol. The summed E-state index contributed by atoms with van der Waals surface area (Å²) in [5.41, 5.74) is 1.07. The lowest BCUT2D eigenvalue weighted by Crippen LogP contribution is -2.51. The van der Waals surface area contributed by atoms with E-state index in [0.29, 0.717) is 0 Å². The monoisotopic (exact) mass is 392 g/mol. The van der Waals surface area contributed by atoms with Crippen LogP contribution < -0.4 is 20.1 Å². The molecule has 0 aromatic heterocycles. The number of ether oxygens (including phenoxy) is 3. The molecular weight excluding hydrogens is 356 g/mol. The molecule has 1 saturated heterocycles. The van der Waals surface area contributed by atoms with Gasteiger partial charge in [0.25, 0.3) is 0 Å². The van der Waals surface area contributed by atoms with E-state index in [1.807, 2.05) is 18.2 Å². The first-order valence-electron chi connectivity index (χ1n) is 9.97. The molecular formula is C21H36N4O3. The second-order valence-corrected chi connectivity index (χ2v) is 7.40. The van der Waals surface area contributed by atoms with Gasteiger partial charge in [-0.1, -0.05) is 0 Å². The molecule has 1 aromatic carbocycles. The van der Waals surface area contributed by atoms with Crippen molar-refractivity contribution in [2.45, 2.75) is 38.3 Å². The molecule has 0 spiro atoms. The number of rotatable bonds is 8. The molecule has 1 unspecified atom stereocenters. The molecule has 1 fully saturated rings. The molecule has 158 valence electrons. The fraction of sp³-hybridized carbons (Fsp3) is 0.667. The molecule has 0 saturated carbocycles. The summed E-state index contributed by atoms with van der Waals surface area (Å²) in [6.45, 7) is 7.27. The van der Waals surface area contributed by atoms with E-state index < -0.39 is 0 Å². The average molecular weight is 393 g/mol. The molecule has 7 nitrogen and oxygen atoms in total. The van der Waals surface area contributed by atoms with Crippen molar-refractivity contribution in [3.05, 3.63) is 23.8 Å². The van der Waals surface area contributed by atoms with Crippen molar-refractivity contribution in [3.8, 4) is 11.5 Å². The van der Waals surface area contributed by atoms with Gasteiger partial charge >= 0.3 is 0 Å². The third-order valence-corrected chi connectivity index (χ3v) is 5.50. The van der Waals surface area contributed by atoms with Gasteiger partial charge in [-0.3, -0.25) is 4.99 Å². The summed E-state index contributed by atoms with van der Waals surface area (Å²) < 4.78 is 16.5. The summed E-state index contributed by atoms with van der Waals surface area (Å²) in [5.74, 6) is 2.43. The zero-order valence-electron chi connectivity index (χ0n) is 18.2. The van der Waals surface area contributed by atoms with Crippen LogP contribution in [0.2, 0.25) is 0 Å². The molecule has 28 heavy (non-hydrogen) atoms. The molecule has 1 aromatic rings. The lowest BCUT2D eigenvalue weighted by atomic mass is 9.89. The number of guanidine groups is 1. The van der Waals surface area contributed by atoms with Crippen LogP contribution in [0, 0.1) is 0 Å². The first-order valence-corrected chi connectivity index (χ1v) is 9.97. The quantitative estimate of drug-likeness (QED) is 0.523. The van der Waals surface area contributed by atoms with Gasteiger partial charge in [0.05, 0.1) is 26.8 Å². The second-order valence-electron chi connectivity index (χ2n) is 7.40. The molecule has 7 heteroatoms. The topological polar surface area (TPSA) is 67.4 Å². The van der Waals surface area contributed by atoms with Crippen LogP contribution in [-0.4, -0.2) is 71.0 Å². The Morgan fingerprint density at radius 3 is 2.54 bits per heavy atom. The van der Waals surface area contributed by atoms with Crippen LogP contribution in [-0.2, 0) is 4.74 Å². The van der Waals surface area contributed by atoms with Crippen LogP contribution in [0.4, 0.5) is 0 Å². The van der Waals surface area contributed by atoms with Gasteiger partial charge in [-0.25, -0.2) is 0 Å². The van der Waals surface area contributed by atoms with Crippen LogP contribution in [0.5, 0.6) is 11.5 Å². The van der Waals surface area contributed by atoms with E-state index in [2.05, 4.69) is 43.5 Å². The lowest BCUT2D eigenvalue weighted by molar-refractivity contribution is -0.00255. The van der Waals surface area contributed by atoms with E-state index in [1.165, 1.54) is 0 Å². The highest BCUT2D eigenvalue weighted by Gasteiger charge is 2.34. The van der Waals surface area contributed by atoms with Crippen molar-refractivity contribution < 1.29 is 14.2 Å². The first-order chi connectivity index (χ1) is 13.5. The predicted octanol–water partition coefficient (Wildman–Crippen LogP) is 2.43. The Hall–Kier alpha value is -1.99. The highest BCUT2D eigenvalue weighted by molar-refractivity contribution is 5.80. The number of nitrogens with one attached hydrogen (secondary N) is 2. The molecule has 1 aliphatic rings. The number of benzene rings is 1. The van der Waals surface area contributed by atoms with Gasteiger partial charge in [0.15, 0.2) is 5.96 Å². The minimum absolute atomic E-state index is 0.00726. The van der Waals surface area contributed by atoms with Crippen molar-refractivity contribution in [2.24, 2.45) is 4.99 Å². The van der Waals surface area contributed by atoms with E-state index >= 15 is 0 Å². The Bertz CT molecular complexity index is 643. The maximum absolute atomic E-state index is 5.57. The number of nitrogens with zero attached hydrogens (tertiary/aromatic N) is 2. The van der Waals surface area contributed by atoms with E-state index in [-0.39, 0.29) is 11.6 Å². The lowest BCUT2D eigenvalue weighted by Gasteiger charge is -2.41. The highest BCUT2D eigenvalue weighted by atomic mass is 16.5. The summed E-state index contributed by atoms with van der Waals surface area (Å²) >= 11 is 0. The Balaban J connectivity index is 2.18. The van der Waals surface area contributed by atoms with Gasteiger partial charge in [0.2, 0.25) is 0 Å². The third-order valence-electron chi connectivity index (χ3n) is 5.50. The first kappa shape index (κ1) is 22.3. The fourth-order valence-electron chi connectivity index (χ4n) is 3.50. The minimum atomic E-state index is 0.00726. The van der Waals surface area contributed by atoms with Crippen molar-refractivity contribution in [3.63, 3.8) is 0 Å². The third kappa shape index (κ3) is 5.52. The molecule has 1 atom stereocenters. The summed E-state index contributed by atoms with van der Waals surface area (Å²) in [5, 5.41) is 6.87. The number of hydrogen-bond donors (Lipinski definition) is 2. The highest BCUT2D eigenvalue weighted by Crippen LogP contribution is 2.29. The molecule has 1 heterocycles. The maximum atomic E-state index is 5.57. The molecule has 2 rings (SSSR count). The van der Waals surface area contributed by atoms with Crippen LogP contribution in [0.25, 0.3) is 0 Å². The standard InChI is InChI=1S/C21H36N4O3/c1-7-22-20(23-15-21(25(3)4)10-12-28-13-11-21)24-16(2)18-14-17(26-5)8-9-19(18)27-6/h8-9,14,16H,7,10-13,15H2,1-6H3,(H2,22,23,24). The Labute approximate surface area is 169 Å². The molecule has 2 N–H and O–H groups in total. The molecule has 1 aliphatic heterocycles. The maximum Gasteiger partial charge on any atom is 0.191 e. The van der Waals surface area contributed by atoms with Gasteiger partial charge in [0, 0.05) is 30.9 Å². The van der Waals surface area contributed by atoms with Crippen LogP contribution in [0.1, 0.15) is 38.3 Å². The smallest absolute Gasteiger partial charge is 0.191 e. The fourth-order valence-corrected chi connectivity index (χ4v) is 3.50. The number of aliphatic imine (C=N–C) groups is 1. The van der Waals surface area contributed by atoms with Crippen LogP contribution in [0.15, 0.2) is 23.2 Å². The van der Waals surface area contributed by atoms with Gasteiger partial charge < -0.3 is 29.7 Å². The van der Waals surface area contributed by atoms with Crippen molar-refractivity contribution in [1.82, 2.24) is 15.5 Å². The van der Waals surface area contributed by atoms with E-state index in [9.17, 15) is 0 Å². The van der Waals surface area contributed by atoms with Crippen LogP contribution in [0.3, 0.4) is 0 Å². The second kappa shape index (κ2) is 10.5. The SMILES string of the molecule is CCNC(=NCC1(N(C)C)CCOCC1)NC(C)c1cc(OC)ccc1OC. The Kier molecular flexibility index (Phi) is 8.38. The van der Waals surface area contributed by atoms with E-state index in [1.54, 1.807) is 14.2 Å². The summed E-state index contributed by atoms with van der Waals surface area (Å²) in [6.07, 6.45) is 1.98. The number of methoxy groups -OCH3 is 2. The summed E-state index contributed by atoms with van der Waals surface area (Å²) in [6, 6.07) is 5.84. The molecule has 0 aliphatic carbocycles. The largest absolute Gasteiger partial charge is 0.497 e. The van der Waals surface area contributed by atoms with Gasteiger partial charge in [0.1, 0.15) is 11.5 Å². The zero-order valence-corrected chi connectivity index (χ0v) is 18.2. The number of likely N-dealkylation sites (N-methyl/N-ethyl adjacent to an activating group) is 1. The average Bonchev–Trinajstić information content (AvgIpc) is 2.72. The van der Waals surface area contributed by atoms with E-state index in [0.717, 1.165) is 62.2 Å². The van der Waals surface area contributed by atoms with Gasteiger partial charge in [-0.15, -0.1) is 0 Å². The Morgan fingerprint density at radius 2 is 1.96 bits per heavy atom. The van der Waals surface area contributed by atoms with Crippen molar-refractivity contribution in [1.29, 1.82) is 0 Å². The normalized spacial score (nSPS) is 17.9. The van der Waals surface area contributed by atoms with Crippen LogP contribution >= 0.6 is 0 Å². The van der Waals surface area contributed by atoms with Gasteiger partial charge in [-0.05, 0) is 59.0 Å². The molecule has 0 amide bonds. The molecule has 0 bridgehead atoms. The van der Waals surface area contributed by atoms with Crippen molar-refractivity contribution in [2.75, 3.05) is 54.6 Å². The molecule has 0 radical (unpaired) electrons. The number of hydrogen-bond acceptors (Lipinski definition) is 5.